The zero-order valence-electron chi connectivity index (χ0n) is 7.51. The smallest absolute Gasteiger partial charge is 0.259 e. The fourth-order valence-corrected chi connectivity index (χ4v) is 1.14. The summed E-state index contributed by atoms with van der Waals surface area (Å²) in [5.74, 6) is 1.15. The average molecular weight is 190 g/mol. The van der Waals surface area contributed by atoms with E-state index in [0.717, 1.165) is 5.56 Å². The highest BCUT2D eigenvalue weighted by Gasteiger charge is 2.03. The van der Waals surface area contributed by atoms with Crippen LogP contribution in [0.3, 0.4) is 0 Å². The minimum absolute atomic E-state index is 0.436. The van der Waals surface area contributed by atoms with Crippen molar-refractivity contribution in [2.75, 3.05) is 0 Å². The number of ether oxygens (including phenoxy) is 1. The van der Waals surface area contributed by atoms with Gasteiger partial charge in [0.2, 0.25) is 0 Å². The van der Waals surface area contributed by atoms with E-state index in [1.807, 2.05) is 24.3 Å². The van der Waals surface area contributed by atoms with Crippen molar-refractivity contribution in [1.82, 2.24) is 5.16 Å². The third kappa shape index (κ3) is 1.75. The molecule has 1 heterocycles. The van der Waals surface area contributed by atoms with E-state index in [4.69, 9.17) is 10.5 Å². The number of hydrogen-bond acceptors (Lipinski definition) is 4. The molecule has 0 atom stereocenters. The number of nitrogens with zero attached hydrogens (tertiary/aromatic N) is 1. The fraction of sp³-hybridized carbons (Fsp3) is 0.100. The summed E-state index contributed by atoms with van der Waals surface area (Å²) in [6.45, 7) is 0.439. The van der Waals surface area contributed by atoms with Crippen LogP contribution >= 0.6 is 0 Å². The van der Waals surface area contributed by atoms with Crippen LogP contribution in [0, 0.1) is 0 Å². The van der Waals surface area contributed by atoms with Crippen LogP contribution in [-0.4, -0.2) is 5.16 Å². The van der Waals surface area contributed by atoms with E-state index in [0.29, 0.717) is 18.2 Å². The molecule has 72 valence electrons. The van der Waals surface area contributed by atoms with E-state index in [1.165, 1.54) is 6.26 Å². The molecule has 2 aromatic rings. The van der Waals surface area contributed by atoms with Crippen LogP contribution in [0.2, 0.25) is 0 Å². The normalized spacial score (nSPS) is 10.1. The molecule has 0 saturated heterocycles. The average Bonchev–Trinajstić information content (AvgIpc) is 2.71. The van der Waals surface area contributed by atoms with Crippen LogP contribution in [0.15, 0.2) is 41.1 Å². The summed E-state index contributed by atoms with van der Waals surface area (Å²) in [6, 6.07) is 9.20. The van der Waals surface area contributed by atoms with E-state index < -0.39 is 0 Å². The molecule has 0 radical (unpaired) electrons. The number of nitrogens with two attached hydrogens (primary N) is 1. The van der Waals surface area contributed by atoms with Crippen molar-refractivity contribution >= 4 is 0 Å². The molecule has 0 saturated carbocycles. The molecule has 0 spiro atoms. The molecule has 1 aromatic heterocycles. The van der Waals surface area contributed by atoms with Gasteiger partial charge >= 0.3 is 0 Å². The van der Waals surface area contributed by atoms with Crippen LogP contribution in [0.4, 0.5) is 0 Å². The third-order valence-electron chi connectivity index (χ3n) is 1.82. The highest BCUT2D eigenvalue weighted by Crippen LogP contribution is 2.23. The topological polar surface area (TPSA) is 61.3 Å². The Labute approximate surface area is 81.3 Å². The molecule has 2 N–H and O–H groups in total. The van der Waals surface area contributed by atoms with Gasteiger partial charge in [-0.2, -0.15) is 0 Å². The molecular formula is C10H10N2O2. The van der Waals surface area contributed by atoms with Gasteiger partial charge in [0.15, 0.2) is 0 Å². The lowest BCUT2D eigenvalue weighted by Crippen LogP contribution is -1.98. The lowest BCUT2D eigenvalue weighted by Gasteiger charge is -2.05. The Morgan fingerprint density at radius 3 is 2.86 bits per heavy atom. The van der Waals surface area contributed by atoms with Crippen molar-refractivity contribution in [1.29, 1.82) is 0 Å². The van der Waals surface area contributed by atoms with Gasteiger partial charge < -0.3 is 15.0 Å². The van der Waals surface area contributed by atoms with Crippen LogP contribution in [0.1, 0.15) is 5.56 Å². The number of hydrogen-bond donors (Lipinski definition) is 1. The van der Waals surface area contributed by atoms with E-state index >= 15 is 0 Å². The van der Waals surface area contributed by atoms with Gasteiger partial charge in [0.25, 0.3) is 5.88 Å². The lowest BCUT2D eigenvalue weighted by atomic mass is 10.2. The van der Waals surface area contributed by atoms with Crippen molar-refractivity contribution in [2.45, 2.75) is 6.54 Å². The Hall–Kier alpha value is -1.81. The first-order valence-electron chi connectivity index (χ1n) is 4.26. The largest absolute Gasteiger partial charge is 0.436 e. The highest BCUT2D eigenvalue weighted by molar-refractivity contribution is 5.35. The first-order chi connectivity index (χ1) is 6.90. The standard InChI is InChI=1S/C10H10N2O2/c11-7-8-3-1-2-4-9(8)14-10-5-6-13-12-10/h1-6H,7,11H2. The van der Waals surface area contributed by atoms with E-state index in [2.05, 4.69) is 9.68 Å². The van der Waals surface area contributed by atoms with Crippen molar-refractivity contribution in [3.05, 3.63) is 42.2 Å². The molecule has 1 aromatic carbocycles. The molecule has 14 heavy (non-hydrogen) atoms. The van der Waals surface area contributed by atoms with Crippen molar-refractivity contribution in [3.63, 3.8) is 0 Å². The Morgan fingerprint density at radius 2 is 2.14 bits per heavy atom. The van der Waals surface area contributed by atoms with Gasteiger partial charge in [-0.15, -0.1) is 0 Å². The summed E-state index contributed by atoms with van der Waals surface area (Å²) in [7, 11) is 0. The molecule has 0 aliphatic heterocycles. The van der Waals surface area contributed by atoms with Crippen molar-refractivity contribution in [2.24, 2.45) is 5.73 Å². The Kier molecular flexibility index (Phi) is 2.46. The summed E-state index contributed by atoms with van der Waals surface area (Å²) in [4.78, 5) is 0. The quantitative estimate of drug-likeness (QED) is 0.803. The summed E-state index contributed by atoms with van der Waals surface area (Å²) in [5, 5.41) is 3.65. The highest BCUT2D eigenvalue weighted by atomic mass is 16.5. The third-order valence-corrected chi connectivity index (χ3v) is 1.82. The molecule has 0 aliphatic carbocycles. The van der Waals surface area contributed by atoms with E-state index in [-0.39, 0.29) is 0 Å². The van der Waals surface area contributed by atoms with Gasteiger partial charge in [-0.3, -0.25) is 0 Å². The van der Waals surface area contributed by atoms with E-state index in [1.54, 1.807) is 6.07 Å². The second kappa shape index (κ2) is 3.93. The first kappa shape index (κ1) is 8.77. The molecule has 0 amide bonds. The number of rotatable bonds is 3. The first-order valence-corrected chi connectivity index (χ1v) is 4.26. The van der Waals surface area contributed by atoms with Crippen molar-refractivity contribution in [3.8, 4) is 11.6 Å². The minimum atomic E-state index is 0.436. The van der Waals surface area contributed by atoms with Crippen LogP contribution in [0.25, 0.3) is 0 Å². The number of para-hydroxylation sites is 1. The molecule has 2 rings (SSSR count). The predicted molar refractivity (Wildman–Crippen MR) is 50.9 cm³/mol. The SMILES string of the molecule is NCc1ccccc1Oc1ccon1. The van der Waals surface area contributed by atoms with Gasteiger partial charge in [-0.1, -0.05) is 18.2 Å². The molecule has 4 heteroatoms. The molecule has 0 aliphatic rings. The molecule has 0 unspecified atom stereocenters. The fourth-order valence-electron chi connectivity index (χ4n) is 1.14. The predicted octanol–water partition coefficient (Wildman–Crippen LogP) is 1.93. The van der Waals surface area contributed by atoms with Gasteiger partial charge in [-0.25, -0.2) is 0 Å². The number of benzene rings is 1. The van der Waals surface area contributed by atoms with Gasteiger partial charge in [0.05, 0.1) is 0 Å². The zero-order valence-corrected chi connectivity index (χ0v) is 7.51. The monoisotopic (exact) mass is 190 g/mol. The Bertz CT molecular complexity index is 398. The van der Waals surface area contributed by atoms with E-state index in [9.17, 15) is 0 Å². The molecule has 4 nitrogen and oxygen atoms in total. The molecule has 0 bridgehead atoms. The second-order valence-electron chi connectivity index (χ2n) is 2.75. The summed E-state index contributed by atoms with van der Waals surface area (Å²) in [5.41, 5.74) is 6.50. The minimum Gasteiger partial charge on any atom is -0.436 e. The summed E-state index contributed by atoms with van der Waals surface area (Å²) >= 11 is 0. The maximum Gasteiger partial charge on any atom is 0.259 e. The maximum atomic E-state index is 5.56. The Morgan fingerprint density at radius 1 is 1.29 bits per heavy atom. The molecular weight excluding hydrogens is 180 g/mol. The number of aromatic nitrogens is 1. The van der Waals surface area contributed by atoms with Gasteiger partial charge in [0.1, 0.15) is 12.0 Å². The maximum absolute atomic E-state index is 5.56. The summed E-state index contributed by atoms with van der Waals surface area (Å²) in [6.07, 6.45) is 1.46. The van der Waals surface area contributed by atoms with Gasteiger partial charge in [-0.05, 0) is 11.2 Å². The Balaban J connectivity index is 2.24. The van der Waals surface area contributed by atoms with Crippen LogP contribution in [-0.2, 0) is 6.54 Å². The van der Waals surface area contributed by atoms with Crippen LogP contribution < -0.4 is 10.5 Å². The van der Waals surface area contributed by atoms with Gasteiger partial charge in [0, 0.05) is 18.2 Å². The zero-order chi connectivity index (χ0) is 9.80. The van der Waals surface area contributed by atoms with Crippen molar-refractivity contribution < 1.29 is 9.26 Å². The van der Waals surface area contributed by atoms with Crippen LogP contribution in [0.5, 0.6) is 11.6 Å². The lowest BCUT2D eigenvalue weighted by molar-refractivity contribution is 0.365. The summed E-state index contributed by atoms with van der Waals surface area (Å²) < 4.78 is 10.1. The molecule has 0 fully saturated rings. The second-order valence-corrected chi connectivity index (χ2v) is 2.75.